The zero-order chi connectivity index (χ0) is 11.3. The Labute approximate surface area is 93.5 Å². The van der Waals surface area contributed by atoms with Crippen molar-refractivity contribution in [1.82, 2.24) is 10.2 Å². The number of likely N-dealkylation sites (N-methyl/N-ethyl adjacent to an activating group) is 1. The maximum Gasteiger partial charge on any atom is 0.0622 e. The van der Waals surface area contributed by atoms with Crippen LogP contribution in [0.15, 0.2) is 12.2 Å². The molecule has 0 amide bonds. The molecule has 1 saturated heterocycles. The third-order valence-electron chi connectivity index (χ3n) is 2.76. The minimum atomic E-state index is 0.530. The van der Waals surface area contributed by atoms with Crippen molar-refractivity contribution in [2.75, 3.05) is 33.4 Å². The first kappa shape index (κ1) is 12.7. The largest absolute Gasteiger partial charge is 0.380 e. The standard InChI is InChI=1S/C12H24N2O/c1-10(2)13-7-11(3)8-14(4)12-5-6-15-9-12/h10,12-13H,3,5-9H2,1-2,4H3. The van der Waals surface area contributed by atoms with Crippen molar-refractivity contribution in [3.8, 4) is 0 Å². The van der Waals surface area contributed by atoms with Gasteiger partial charge in [-0.05, 0) is 19.0 Å². The predicted molar refractivity (Wildman–Crippen MR) is 64.1 cm³/mol. The maximum atomic E-state index is 5.37. The van der Waals surface area contributed by atoms with Gasteiger partial charge in [0, 0.05) is 31.8 Å². The topological polar surface area (TPSA) is 24.5 Å². The summed E-state index contributed by atoms with van der Waals surface area (Å²) in [6, 6.07) is 1.11. The molecule has 1 rings (SSSR count). The van der Waals surface area contributed by atoms with Crippen LogP contribution in [0, 0.1) is 0 Å². The van der Waals surface area contributed by atoms with Gasteiger partial charge in [0.25, 0.3) is 0 Å². The molecule has 0 radical (unpaired) electrons. The van der Waals surface area contributed by atoms with E-state index in [1.54, 1.807) is 0 Å². The van der Waals surface area contributed by atoms with Crippen molar-refractivity contribution in [3.63, 3.8) is 0 Å². The third kappa shape index (κ3) is 4.78. The molecular weight excluding hydrogens is 188 g/mol. The Balaban J connectivity index is 2.18. The molecule has 0 aromatic heterocycles. The second-order valence-corrected chi connectivity index (χ2v) is 4.72. The van der Waals surface area contributed by atoms with Gasteiger partial charge < -0.3 is 10.1 Å². The van der Waals surface area contributed by atoms with Gasteiger partial charge in [-0.25, -0.2) is 0 Å². The molecule has 0 saturated carbocycles. The lowest BCUT2D eigenvalue weighted by molar-refractivity contribution is 0.163. The average molecular weight is 212 g/mol. The number of nitrogens with zero attached hydrogens (tertiary/aromatic N) is 1. The number of rotatable bonds is 6. The van der Waals surface area contributed by atoms with Crippen LogP contribution in [0.25, 0.3) is 0 Å². The van der Waals surface area contributed by atoms with E-state index < -0.39 is 0 Å². The first-order chi connectivity index (χ1) is 7.09. The van der Waals surface area contributed by atoms with E-state index in [2.05, 4.69) is 37.7 Å². The van der Waals surface area contributed by atoms with E-state index in [1.165, 1.54) is 5.57 Å². The van der Waals surface area contributed by atoms with Crippen LogP contribution in [0.1, 0.15) is 20.3 Å². The molecule has 1 heterocycles. The highest BCUT2D eigenvalue weighted by Crippen LogP contribution is 2.11. The lowest BCUT2D eigenvalue weighted by atomic mass is 10.2. The zero-order valence-electron chi connectivity index (χ0n) is 10.3. The van der Waals surface area contributed by atoms with Crippen LogP contribution in [0.5, 0.6) is 0 Å². The number of hydrogen-bond acceptors (Lipinski definition) is 3. The third-order valence-corrected chi connectivity index (χ3v) is 2.76. The summed E-state index contributed by atoms with van der Waals surface area (Å²) in [7, 11) is 2.15. The molecule has 88 valence electrons. The van der Waals surface area contributed by atoms with Crippen LogP contribution in [0.4, 0.5) is 0 Å². The normalized spacial score (nSPS) is 21.5. The van der Waals surface area contributed by atoms with Crippen LogP contribution in [0.2, 0.25) is 0 Å². The van der Waals surface area contributed by atoms with Crippen molar-refractivity contribution < 1.29 is 4.74 Å². The van der Waals surface area contributed by atoms with Gasteiger partial charge >= 0.3 is 0 Å². The van der Waals surface area contributed by atoms with Gasteiger partial charge in [-0.15, -0.1) is 0 Å². The van der Waals surface area contributed by atoms with Crippen LogP contribution < -0.4 is 5.32 Å². The molecule has 0 aliphatic carbocycles. The Morgan fingerprint density at radius 1 is 1.60 bits per heavy atom. The van der Waals surface area contributed by atoms with Crippen LogP contribution in [0.3, 0.4) is 0 Å². The van der Waals surface area contributed by atoms with Crippen molar-refractivity contribution in [2.45, 2.75) is 32.4 Å². The highest BCUT2D eigenvalue weighted by atomic mass is 16.5. The van der Waals surface area contributed by atoms with Crippen molar-refractivity contribution in [2.24, 2.45) is 0 Å². The Morgan fingerprint density at radius 2 is 2.33 bits per heavy atom. The van der Waals surface area contributed by atoms with Crippen molar-refractivity contribution in [1.29, 1.82) is 0 Å². The molecule has 1 unspecified atom stereocenters. The number of ether oxygens (including phenoxy) is 1. The molecule has 1 fully saturated rings. The fourth-order valence-corrected chi connectivity index (χ4v) is 1.76. The summed E-state index contributed by atoms with van der Waals surface area (Å²) in [4.78, 5) is 2.34. The van der Waals surface area contributed by atoms with Gasteiger partial charge in [0.2, 0.25) is 0 Å². The van der Waals surface area contributed by atoms with E-state index in [-0.39, 0.29) is 0 Å². The first-order valence-electron chi connectivity index (χ1n) is 5.77. The average Bonchev–Trinajstić information content (AvgIpc) is 2.67. The highest BCUT2D eigenvalue weighted by Gasteiger charge is 2.20. The van der Waals surface area contributed by atoms with E-state index in [9.17, 15) is 0 Å². The Morgan fingerprint density at radius 3 is 2.87 bits per heavy atom. The quantitative estimate of drug-likeness (QED) is 0.671. The molecule has 1 N–H and O–H groups in total. The van der Waals surface area contributed by atoms with E-state index in [0.29, 0.717) is 12.1 Å². The molecule has 1 aliphatic rings. The SMILES string of the molecule is C=C(CNC(C)C)CN(C)C1CCOC1. The zero-order valence-corrected chi connectivity index (χ0v) is 10.3. The highest BCUT2D eigenvalue weighted by molar-refractivity contribution is 5.00. The maximum absolute atomic E-state index is 5.37. The number of hydrogen-bond donors (Lipinski definition) is 1. The fourth-order valence-electron chi connectivity index (χ4n) is 1.76. The Hall–Kier alpha value is -0.380. The Bertz CT molecular complexity index is 198. The smallest absolute Gasteiger partial charge is 0.0622 e. The summed E-state index contributed by atoms with van der Waals surface area (Å²) < 4.78 is 5.37. The summed E-state index contributed by atoms with van der Waals surface area (Å²) in [6.07, 6.45) is 1.15. The first-order valence-corrected chi connectivity index (χ1v) is 5.77. The molecule has 1 aliphatic heterocycles. The summed E-state index contributed by atoms with van der Waals surface area (Å²) >= 11 is 0. The van der Waals surface area contributed by atoms with Crippen molar-refractivity contribution >= 4 is 0 Å². The molecule has 0 spiro atoms. The summed E-state index contributed by atoms with van der Waals surface area (Å²) in [5, 5.41) is 3.38. The monoisotopic (exact) mass is 212 g/mol. The molecule has 15 heavy (non-hydrogen) atoms. The minimum Gasteiger partial charge on any atom is -0.380 e. The van der Waals surface area contributed by atoms with E-state index in [4.69, 9.17) is 4.74 Å². The van der Waals surface area contributed by atoms with Gasteiger partial charge in [0.15, 0.2) is 0 Å². The lowest BCUT2D eigenvalue weighted by Crippen LogP contribution is -2.36. The predicted octanol–water partition coefficient (Wildman–Crippen LogP) is 1.26. The molecule has 0 bridgehead atoms. The van der Waals surface area contributed by atoms with Crippen LogP contribution in [-0.2, 0) is 4.74 Å². The molecular formula is C12H24N2O. The minimum absolute atomic E-state index is 0.530. The van der Waals surface area contributed by atoms with Gasteiger partial charge in [-0.2, -0.15) is 0 Å². The van der Waals surface area contributed by atoms with E-state index in [0.717, 1.165) is 32.7 Å². The van der Waals surface area contributed by atoms with Gasteiger partial charge in [-0.1, -0.05) is 20.4 Å². The van der Waals surface area contributed by atoms with Gasteiger partial charge in [-0.3, -0.25) is 4.90 Å². The second kappa shape index (κ2) is 6.26. The molecule has 1 atom stereocenters. The van der Waals surface area contributed by atoms with Crippen molar-refractivity contribution in [3.05, 3.63) is 12.2 Å². The number of nitrogens with one attached hydrogen (secondary N) is 1. The Kier molecular flexibility index (Phi) is 5.29. The molecule has 0 aromatic carbocycles. The summed E-state index contributed by atoms with van der Waals surface area (Å²) in [5.41, 5.74) is 1.25. The molecule has 3 heteroatoms. The molecule has 0 aromatic rings. The van der Waals surface area contributed by atoms with E-state index in [1.807, 2.05) is 0 Å². The van der Waals surface area contributed by atoms with Crippen LogP contribution >= 0.6 is 0 Å². The second-order valence-electron chi connectivity index (χ2n) is 4.72. The van der Waals surface area contributed by atoms with Gasteiger partial charge in [0.1, 0.15) is 0 Å². The fraction of sp³-hybridized carbons (Fsp3) is 0.833. The summed E-state index contributed by atoms with van der Waals surface area (Å²) in [6.45, 7) is 12.1. The molecule has 3 nitrogen and oxygen atoms in total. The van der Waals surface area contributed by atoms with E-state index >= 15 is 0 Å². The van der Waals surface area contributed by atoms with Crippen LogP contribution in [-0.4, -0.2) is 50.3 Å². The van der Waals surface area contributed by atoms with Gasteiger partial charge in [0.05, 0.1) is 6.61 Å². The lowest BCUT2D eigenvalue weighted by Gasteiger charge is -2.24. The summed E-state index contributed by atoms with van der Waals surface area (Å²) in [5.74, 6) is 0.